The van der Waals surface area contributed by atoms with Crippen molar-refractivity contribution in [2.75, 3.05) is 19.7 Å². The monoisotopic (exact) mass is 390 g/mol. The Bertz CT molecular complexity index is 1090. The van der Waals surface area contributed by atoms with E-state index in [-0.39, 0.29) is 23.7 Å². The molecule has 3 aromatic rings. The van der Waals surface area contributed by atoms with Crippen LogP contribution in [0.3, 0.4) is 0 Å². The average molecular weight is 390 g/mol. The molecule has 2 fully saturated rings. The van der Waals surface area contributed by atoms with E-state index in [1.54, 1.807) is 17.0 Å². The van der Waals surface area contributed by atoms with Gasteiger partial charge < -0.3 is 19.7 Å². The van der Waals surface area contributed by atoms with E-state index in [2.05, 4.69) is 21.8 Å². The summed E-state index contributed by atoms with van der Waals surface area (Å²) in [6.07, 6.45) is 3.33. The SMILES string of the molecule is C=CC(=O)N1CC(c2[nH]c3nnc(-c4ccccc4O)cc3c2[C@H]2CCCO2)C1. The maximum absolute atomic E-state index is 11.8. The van der Waals surface area contributed by atoms with E-state index in [1.807, 2.05) is 18.2 Å². The van der Waals surface area contributed by atoms with Crippen molar-refractivity contribution >= 4 is 16.9 Å². The van der Waals surface area contributed by atoms with Crippen molar-refractivity contribution in [3.8, 4) is 17.0 Å². The Morgan fingerprint density at radius 3 is 2.86 bits per heavy atom. The molecule has 0 saturated carbocycles. The van der Waals surface area contributed by atoms with E-state index < -0.39 is 0 Å². The number of phenols is 1. The van der Waals surface area contributed by atoms with Crippen LogP contribution in [0.1, 0.15) is 36.1 Å². The van der Waals surface area contributed by atoms with E-state index in [0.717, 1.165) is 36.1 Å². The van der Waals surface area contributed by atoms with Crippen LogP contribution in [0.2, 0.25) is 0 Å². The molecule has 0 unspecified atom stereocenters. The number of aromatic nitrogens is 3. The Morgan fingerprint density at radius 1 is 1.31 bits per heavy atom. The number of hydrogen-bond acceptors (Lipinski definition) is 5. The quantitative estimate of drug-likeness (QED) is 0.667. The molecule has 0 radical (unpaired) electrons. The number of hydrogen-bond donors (Lipinski definition) is 2. The molecule has 0 aliphatic carbocycles. The first-order valence-electron chi connectivity index (χ1n) is 9.86. The summed E-state index contributed by atoms with van der Waals surface area (Å²) < 4.78 is 6.02. The predicted molar refractivity (Wildman–Crippen MR) is 108 cm³/mol. The number of carbonyl (C=O) groups excluding carboxylic acids is 1. The lowest BCUT2D eigenvalue weighted by Crippen LogP contribution is -2.48. The first-order valence-corrected chi connectivity index (χ1v) is 9.86. The normalized spacial score (nSPS) is 19.4. The van der Waals surface area contributed by atoms with Gasteiger partial charge in [0, 0.05) is 47.8 Å². The second kappa shape index (κ2) is 7.00. The van der Waals surface area contributed by atoms with Crippen molar-refractivity contribution in [2.45, 2.75) is 24.9 Å². The van der Waals surface area contributed by atoms with Crippen LogP contribution < -0.4 is 0 Å². The number of ether oxygens (including phenoxy) is 1. The van der Waals surface area contributed by atoms with E-state index in [1.165, 1.54) is 6.08 Å². The Morgan fingerprint density at radius 2 is 2.14 bits per heavy atom. The second-order valence-electron chi connectivity index (χ2n) is 7.61. The largest absolute Gasteiger partial charge is 0.507 e. The van der Waals surface area contributed by atoms with Gasteiger partial charge in [-0.2, -0.15) is 0 Å². The van der Waals surface area contributed by atoms with Crippen LogP contribution in [0.25, 0.3) is 22.3 Å². The highest BCUT2D eigenvalue weighted by atomic mass is 16.5. The fourth-order valence-electron chi connectivity index (χ4n) is 4.30. The van der Waals surface area contributed by atoms with Crippen LogP contribution in [0, 0.1) is 0 Å². The molecular formula is C22H22N4O3. The van der Waals surface area contributed by atoms with Gasteiger partial charge in [-0.25, -0.2) is 0 Å². The number of aromatic amines is 1. The highest BCUT2D eigenvalue weighted by molar-refractivity contribution is 5.89. The van der Waals surface area contributed by atoms with Crippen LogP contribution in [0.5, 0.6) is 5.75 Å². The second-order valence-corrected chi connectivity index (χ2v) is 7.61. The van der Waals surface area contributed by atoms with Crippen molar-refractivity contribution in [2.24, 2.45) is 0 Å². The molecule has 0 bridgehead atoms. The molecule has 4 heterocycles. The number of benzene rings is 1. The molecule has 2 N–H and O–H groups in total. The number of fused-ring (bicyclic) bond motifs is 1. The molecule has 2 saturated heterocycles. The summed E-state index contributed by atoms with van der Waals surface area (Å²) in [6, 6.07) is 9.09. The number of amides is 1. The lowest BCUT2D eigenvalue weighted by Gasteiger charge is -2.39. The Labute approximate surface area is 168 Å². The Balaban J connectivity index is 1.59. The minimum atomic E-state index is -0.0438. The lowest BCUT2D eigenvalue weighted by atomic mass is 9.90. The fraction of sp³-hybridized carbons (Fsp3) is 0.318. The van der Waals surface area contributed by atoms with Crippen molar-refractivity contribution in [3.05, 3.63) is 54.2 Å². The third-order valence-corrected chi connectivity index (χ3v) is 5.84. The molecule has 2 aliphatic rings. The fourth-order valence-corrected chi connectivity index (χ4v) is 4.30. The minimum Gasteiger partial charge on any atom is -0.507 e. The highest BCUT2D eigenvalue weighted by Gasteiger charge is 2.36. The van der Waals surface area contributed by atoms with Gasteiger partial charge in [-0.15, -0.1) is 10.2 Å². The predicted octanol–water partition coefficient (Wildman–Crippen LogP) is 3.29. The number of aromatic hydroxyl groups is 1. The van der Waals surface area contributed by atoms with Gasteiger partial charge in [-0.3, -0.25) is 4.79 Å². The van der Waals surface area contributed by atoms with Crippen LogP contribution in [0.15, 0.2) is 43.0 Å². The maximum Gasteiger partial charge on any atom is 0.245 e. The van der Waals surface area contributed by atoms with Crippen LogP contribution in [0.4, 0.5) is 0 Å². The zero-order valence-electron chi connectivity index (χ0n) is 16.0. The van der Waals surface area contributed by atoms with Crippen LogP contribution >= 0.6 is 0 Å². The molecule has 7 nitrogen and oxygen atoms in total. The number of phenolic OH excluding ortho intramolecular Hbond substituents is 1. The number of nitrogens with zero attached hydrogens (tertiary/aromatic N) is 3. The number of carbonyl (C=O) groups is 1. The van der Waals surface area contributed by atoms with E-state index >= 15 is 0 Å². The summed E-state index contributed by atoms with van der Waals surface area (Å²) in [5.74, 6) is 0.340. The first kappa shape index (κ1) is 17.9. The number of nitrogens with one attached hydrogen (secondary N) is 1. The molecule has 1 atom stereocenters. The average Bonchev–Trinajstić information content (AvgIpc) is 3.34. The molecule has 0 spiro atoms. The first-order chi connectivity index (χ1) is 14.2. The molecular weight excluding hydrogens is 368 g/mol. The maximum atomic E-state index is 11.8. The lowest BCUT2D eigenvalue weighted by molar-refractivity contribution is -0.130. The van der Waals surface area contributed by atoms with Crippen LogP contribution in [-0.4, -0.2) is 50.8 Å². The van der Waals surface area contributed by atoms with Crippen molar-refractivity contribution in [1.82, 2.24) is 20.1 Å². The third kappa shape index (κ3) is 2.98. The van der Waals surface area contributed by atoms with Crippen molar-refractivity contribution < 1.29 is 14.6 Å². The standard InChI is InChI=1S/C22H22N4O3/c1-2-19(28)26-11-13(12-26)21-20(18-8-5-9-29-18)15-10-16(24-25-22(15)23-21)14-6-3-4-7-17(14)27/h2-4,6-7,10,13,18,27H,1,5,8-9,11-12H2,(H,23,25)/t18-/m1/s1. The molecule has 2 aromatic heterocycles. The summed E-state index contributed by atoms with van der Waals surface area (Å²) in [6.45, 7) is 5.61. The van der Waals surface area contributed by atoms with Gasteiger partial charge in [-0.1, -0.05) is 18.7 Å². The van der Waals surface area contributed by atoms with Gasteiger partial charge in [-0.05, 0) is 37.1 Å². The number of likely N-dealkylation sites (tertiary alicyclic amines) is 1. The van der Waals surface area contributed by atoms with Gasteiger partial charge in [0.05, 0.1) is 11.8 Å². The molecule has 7 heteroatoms. The van der Waals surface area contributed by atoms with Gasteiger partial charge >= 0.3 is 0 Å². The summed E-state index contributed by atoms with van der Waals surface area (Å²) in [7, 11) is 0. The topological polar surface area (TPSA) is 91.3 Å². The zero-order valence-corrected chi connectivity index (χ0v) is 16.0. The van der Waals surface area contributed by atoms with Gasteiger partial charge in [0.1, 0.15) is 5.75 Å². The van der Waals surface area contributed by atoms with E-state index in [0.29, 0.717) is 30.0 Å². The molecule has 1 amide bonds. The summed E-state index contributed by atoms with van der Waals surface area (Å²) >= 11 is 0. The summed E-state index contributed by atoms with van der Waals surface area (Å²) in [5, 5.41) is 19.9. The Kier molecular flexibility index (Phi) is 4.32. The van der Waals surface area contributed by atoms with Crippen molar-refractivity contribution in [3.63, 3.8) is 0 Å². The van der Waals surface area contributed by atoms with E-state index in [4.69, 9.17) is 4.74 Å². The van der Waals surface area contributed by atoms with Gasteiger partial charge in [0.15, 0.2) is 5.65 Å². The number of rotatable bonds is 4. The molecule has 2 aliphatic heterocycles. The van der Waals surface area contributed by atoms with Crippen LogP contribution in [-0.2, 0) is 9.53 Å². The van der Waals surface area contributed by atoms with Gasteiger partial charge in [0.25, 0.3) is 0 Å². The molecule has 148 valence electrons. The summed E-state index contributed by atoms with van der Waals surface area (Å²) in [4.78, 5) is 17.1. The van der Waals surface area contributed by atoms with E-state index in [9.17, 15) is 9.90 Å². The molecule has 5 rings (SSSR count). The number of H-pyrrole nitrogens is 1. The Hall–Kier alpha value is -3.19. The molecule has 29 heavy (non-hydrogen) atoms. The molecule has 1 aromatic carbocycles. The minimum absolute atomic E-state index is 0.00401. The smallest absolute Gasteiger partial charge is 0.245 e. The highest BCUT2D eigenvalue weighted by Crippen LogP contribution is 2.41. The third-order valence-electron chi connectivity index (χ3n) is 5.84. The zero-order chi connectivity index (χ0) is 20.0. The summed E-state index contributed by atoms with van der Waals surface area (Å²) in [5.41, 5.74) is 4.16. The van der Waals surface area contributed by atoms with Gasteiger partial charge in [0.2, 0.25) is 5.91 Å². The number of para-hydroxylation sites is 1. The van der Waals surface area contributed by atoms with Crippen molar-refractivity contribution in [1.29, 1.82) is 0 Å².